The lowest BCUT2D eigenvalue weighted by Gasteiger charge is -2.26. The summed E-state index contributed by atoms with van der Waals surface area (Å²) in [7, 11) is 0. The van der Waals surface area contributed by atoms with Gasteiger partial charge in [-0.1, -0.05) is 57.5 Å². The summed E-state index contributed by atoms with van der Waals surface area (Å²) in [4.78, 5) is 18.0. The van der Waals surface area contributed by atoms with Gasteiger partial charge in [-0.05, 0) is 56.2 Å². The Morgan fingerprint density at radius 2 is 1.80 bits per heavy atom. The second-order valence-electron chi connectivity index (χ2n) is 11.0. The first kappa shape index (κ1) is 32.7. The van der Waals surface area contributed by atoms with Gasteiger partial charge in [0.05, 0.1) is 18.7 Å². The molecule has 214 valence electrons. The number of hydrogen-bond acceptors (Lipinski definition) is 6. The molecule has 0 aliphatic heterocycles. The Morgan fingerprint density at radius 3 is 2.35 bits per heavy atom. The van der Waals surface area contributed by atoms with Crippen molar-refractivity contribution in [1.29, 1.82) is 0 Å². The van der Waals surface area contributed by atoms with Crippen LogP contribution in [-0.2, 0) is 28.9 Å². The van der Waals surface area contributed by atoms with Crippen molar-refractivity contribution in [3.63, 3.8) is 0 Å². The van der Waals surface area contributed by atoms with Crippen LogP contribution in [0.5, 0.6) is 5.75 Å². The maximum absolute atomic E-state index is 12.9. The number of thioether (sulfide) groups is 1. The van der Waals surface area contributed by atoms with Crippen LogP contribution in [0.1, 0.15) is 58.4 Å². The molecule has 40 heavy (non-hydrogen) atoms. The summed E-state index contributed by atoms with van der Waals surface area (Å²) in [5.74, 6) is 2.22. The van der Waals surface area contributed by atoms with Crippen molar-refractivity contribution < 1.29 is 14.6 Å². The number of terminal acetylenes is 1. The molecule has 6 nitrogen and oxygen atoms in total. The summed E-state index contributed by atoms with van der Waals surface area (Å²) < 4.78 is 7.64. The normalized spacial score (nSPS) is 11.7. The van der Waals surface area contributed by atoms with Gasteiger partial charge in [-0.15, -0.1) is 18.2 Å². The standard InChI is InChI=1S/C29H39N3O3S.C4H4/c1-7-35-27(34)29(5,6)17-25-26(36-28(2,3)4)23-16-22(33)12-13-24(23)32(25)18-21-10-8-20(9-11-21)14-15-31-19-30;1-3-4-2/h8-13,15-16,33H,7,14,17-19,30H2,1-6H3;1,4H,2H2/b31-15-;. The average Bonchev–Trinajstić information content (AvgIpc) is 3.15. The molecule has 3 rings (SSSR count). The third-order valence-electron chi connectivity index (χ3n) is 5.99. The van der Waals surface area contributed by atoms with Crippen LogP contribution in [0.4, 0.5) is 0 Å². The smallest absolute Gasteiger partial charge is 0.311 e. The van der Waals surface area contributed by atoms with Crippen LogP contribution in [0.3, 0.4) is 0 Å². The highest BCUT2D eigenvalue weighted by molar-refractivity contribution is 8.00. The minimum Gasteiger partial charge on any atom is -0.508 e. The van der Waals surface area contributed by atoms with Gasteiger partial charge in [0, 0.05) is 51.8 Å². The predicted molar refractivity (Wildman–Crippen MR) is 169 cm³/mol. The Kier molecular flexibility index (Phi) is 12.1. The molecule has 1 aromatic heterocycles. The molecule has 0 saturated carbocycles. The minimum atomic E-state index is -0.705. The molecule has 0 spiro atoms. The summed E-state index contributed by atoms with van der Waals surface area (Å²) >= 11 is 1.77. The zero-order valence-electron chi connectivity index (χ0n) is 24.7. The van der Waals surface area contributed by atoms with Gasteiger partial charge < -0.3 is 20.1 Å². The van der Waals surface area contributed by atoms with Gasteiger partial charge in [-0.25, -0.2) is 0 Å². The maximum Gasteiger partial charge on any atom is 0.311 e. The largest absolute Gasteiger partial charge is 0.508 e. The van der Waals surface area contributed by atoms with Crippen LogP contribution < -0.4 is 5.73 Å². The summed E-state index contributed by atoms with van der Waals surface area (Å²) in [6, 6.07) is 14.0. The number of ether oxygens (including phenoxy) is 1. The van der Waals surface area contributed by atoms with Crippen molar-refractivity contribution in [2.24, 2.45) is 16.1 Å². The second-order valence-corrected chi connectivity index (χ2v) is 12.8. The van der Waals surface area contributed by atoms with E-state index in [1.807, 2.05) is 39.1 Å². The van der Waals surface area contributed by atoms with Gasteiger partial charge in [0.25, 0.3) is 0 Å². The molecule has 0 bridgehead atoms. The summed E-state index contributed by atoms with van der Waals surface area (Å²) in [5.41, 5.74) is 9.18. The van der Waals surface area contributed by atoms with E-state index in [1.165, 1.54) is 11.6 Å². The summed E-state index contributed by atoms with van der Waals surface area (Å²) in [6.07, 6.45) is 9.17. The maximum atomic E-state index is 12.9. The Morgan fingerprint density at radius 1 is 1.18 bits per heavy atom. The lowest BCUT2D eigenvalue weighted by atomic mass is 9.87. The van der Waals surface area contributed by atoms with E-state index in [0.717, 1.165) is 33.5 Å². The summed E-state index contributed by atoms with van der Waals surface area (Å²) in [5, 5.41) is 11.3. The van der Waals surface area contributed by atoms with E-state index < -0.39 is 5.41 Å². The number of benzene rings is 2. The fourth-order valence-corrected chi connectivity index (χ4v) is 5.35. The van der Waals surface area contributed by atoms with Gasteiger partial charge >= 0.3 is 5.97 Å². The zero-order chi connectivity index (χ0) is 29.9. The monoisotopic (exact) mass is 561 g/mol. The SMILES string of the molecule is C#CC=C.CCOC(=O)C(C)(C)Cc1c(SC(C)(C)C)c2cc(O)ccc2n1Cc1ccc(C/C=N\CN)cc1. The molecule has 2 aromatic carbocycles. The van der Waals surface area contributed by atoms with Crippen LogP contribution in [-0.4, -0.2) is 39.9 Å². The van der Waals surface area contributed by atoms with Gasteiger partial charge in [0.2, 0.25) is 0 Å². The summed E-state index contributed by atoms with van der Waals surface area (Å²) in [6.45, 7) is 16.8. The van der Waals surface area contributed by atoms with Crippen molar-refractivity contribution in [2.45, 2.75) is 70.6 Å². The quantitative estimate of drug-likeness (QED) is 0.124. The molecule has 0 fully saturated rings. The molecule has 0 amide bonds. The number of fused-ring (bicyclic) bond motifs is 1. The molecular formula is C33H43N3O3S. The number of rotatable bonds is 10. The van der Waals surface area contributed by atoms with Gasteiger partial charge in [0.1, 0.15) is 5.75 Å². The first-order valence-electron chi connectivity index (χ1n) is 13.4. The number of carbonyl (C=O) groups excluding carboxylic acids is 1. The molecule has 0 aliphatic carbocycles. The number of nitrogens with two attached hydrogens (primary N) is 1. The number of esters is 1. The van der Waals surface area contributed by atoms with Crippen LogP contribution >= 0.6 is 11.8 Å². The predicted octanol–water partition coefficient (Wildman–Crippen LogP) is 6.75. The molecule has 0 radical (unpaired) electrons. The molecule has 3 N–H and O–H groups in total. The van der Waals surface area contributed by atoms with E-state index in [4.69, 9.17) is 10.5 Å². The van der Waals surface area contributed by atoms with Gasteiger partial charge in [0.15, 0.2) is 0 Å². The lowest BCUT2D eigenvalue weighted by molar-refractivity contribution is -0.153. The number of nitrogens with zero attached hydrogens (tertiary/aromatic N) is 2. The molecule has 0 unspecified atom stereocenters. The van der Waals surface area contributed by atoms with E-state index in [2.05, 4.69) is 73.5 Å². The van der Waals surface area contributed by atoms with Crippen molar-refractivity contribution >= 4 is 34.8 Å². The first-order chi connectivity index (χ1) is 18.9. The number of phenolic OH excluding ortho intramolecular Hbond substituents is 1. The number of allylic oxidation sites excluding steroid dienone is 1. The Labute approximate surface area is 243 Å². The first-order valence-corrected chi connectivity index (χ1v) is 14.2. The third kappa shape index (κ3) is 9.32. The molecule has 0 saturated heterocycles. The highest BCUT2D eigenvalue weighted by atomic mass is 32.2. The third-order valence-corrected chi connectivity index (χ3v) is 7.26. The van der Waals surface area contributed by atoms with Gasteiger partial charge in [-0.2, -0.15) is 0 Å². The minimum absolute atomic E-state index is 0.0554. The second kappa shape index (κ2) is 14.8. The van der Waals surface area contributed by atoms with Crippen LogP contribution in [0.15, 0.2) is 65.0 Å². The molecule has 0 atom stereocenters. The highest BCUT2D eigenvalue weighted by Gasteiger charge is 2.34. The van der Waals surface area contributed by atoms with E-state index in [1.54, 1.807) is 17.8 Å². The average molecular weight is 562 g/mol. The van der Waals surface area contributed by atoms with Gasteiger partial charge in [-0.3, -0.25) is 9.79 Å². The topological polar surface area (TPSA) is 89.8 Å². The number of hydrogen-bond donors (Lipinski definition) is 2. The zero-order valence-corrected chi connectivity index (χ0v) is 25.5. The fraction of sp³-hybridized carbons (Fsp3) is 0.394. The van der Waals surface area contributed by atoms with Crippen LogP contribution in [0, 0.1) is 17.8 Å². The number of phenols is 1. The molecule has 0 aliphatic rings. The number of aromatic hydroxyl groups is 1. The number of aliphatic imine (C=N–C) groups is 1. The molecular weight excluding hydrogens is 518 g/mol. The van der Waals surface area contributed by atoms with Crippen molar-refractivity contribution in [1.82, 2.24) is 4.57 Å². The Bertz CT molecular complexity index is 1360. The van der Waals surface area contributed by atoms with E-state index in [9.17, 15) is 9.90 Å². The van der Waals surface area contributed by atoms with E-state index in [0.29, 0.717) is 26.2 Å². The van der Waals surface area contributed by atoms with Crippen molar-refractivity contribution in [2.75, 3.05) is 13.3 Å². The molecule has 7 heteroatoms. The van der Waals surface area contributed by atoms with Crippen LogP contribution in [0.2, 0.25) is 0 Å². The highest BCUT2D eigenvalue weighted by Crippen LogP contribution is 2.44. The fourth-order valence-electron chi connectivity index (χ4n) is 4.17. The number of aromatic nitrogens is 1. The van der Waals surface area contributed by atoms with Crippen LogP contribution in [0.25, 0.3) is 10.9 Å². The van der Waals surface area contributed by atoms with E-state index >= 15 is 0 Å². The molecule has 3 aromatic rings. The van der Waals surface area contributed by atoms with Crippen molar-refractivity contribution in [3.8, 4) is 18.1 Å². The Hall–Kier alpha value is -3.47. The molecule has 1 heterocycles. The van der Waals surface area contributed by atoms with Crippen molar-refractivity contribution in [3.05, 3.63) is 71.9 Å². The lowest BCUT2D eigenvalue weighted by Crippen LogP contribution is -2.30. The number of carbonyl (C=O) groups is 1. The Balaban J connectivity index is 0.00000131. The van der Waals surface area contributed by atoms with E-state index in [-0.39, 0.29) is 16.5 Å².